The largest absolute Gasteiger partial charge is 0.380 e. The molecule has 1 atom stereocenters. The van der Waals surface area contributed by atoms with Gasteiger partial charge in [-0.15, -0.1) is 0 Å². The number of rotatable bonds is 7. The van der Waals surface area contributed by atoms with Crippen LogP contribution in [0.3, 0.4) is 0 Å². The standard InChI is InChI=1S/C25H28ClN3O2/c1-18-20(13-19-6-8-22(9-7-19)29-11-4-10-27-29)14-21(16-30)24(25(18)26)15-28(2)23-5-3-12-31-17-23/h4,6-11,14,16,23H,3,5,12-13,15,17H2,1-2H3. The van der Waals surface area contributed by atoms with Crippen molar-refractivity contribution < 1.29 is 9.53 Å². The second-order valence-electron chi connectivity index (χ2n) is 8.24. The molecule has 3 aromatic rings. The summed E-state index contributed by atoms with van der Waals surface area (Å²) in [4.78, 5) is 14.2. The first-order valence-electron chi connectivity index (χ1n) is 10.7. The van der Waals surface area contributed by atoms with E-state index >= 15 is 0 Å². The highest BCUT2D eigenvalue weighted by Crippen LogP contribution is 2.30. The molecule has 0 aliphatic carbocycles. The number of hydrogen-bond acceptors (Lipinski definition) is 4. The third kappa shape index (κ3) is 4.90. The van der Waals surface area contributed by atoms with Crippen LogP contribution in [0.4, 0.5) is 0 Å². The van der Waals surface area contributed by atoms with Crippen molar-refractivity contribution in [1.29, 1.82) is 0 Å². The fraction of sp³-hybridized carbons (Fsp3) is 0.360. The van der Waals surface area contributed by atoms with E-state index in [0.29, 0.717) is 23.2 Å². The first-order valence-corrected chi connectivity index (χ1v) is 11.1. The van der Waals surface area contributed by atoms with Gasteiger partial charge >= 0.3 is 0 Å². The molecule has 1 aliphatic heterocycles. The fourth-order valence-electron chi connectivity index (χ4n) is 4.18. The summed E-state index contributed by atoms with van der Waals surface area (Å²) in [6, 6.07) is 12.5. The van der Waals surface area contributed by atoms with Gasteiger partial charge in [-0.1, -0.05) is 23.7 Å². The van der Waals surface area contributed by atoms with Crippen LogP contribution in [0.15, 0.2) is 48.8 Å². The van der Waals surface area contributed by atoms with Gasteiger partial charge < -0.3 is 4.74 Å². The van der Waals surface area contributed by atoms with E-state index in [1.54, 1.807) is 6.20 Å². The summed E-state index contributed by atoms with van der Waals surface area (Å²) in [6.07, 6.45) is 7.51. The highest BCUT2D eigenvalue weighted by Gasteiger charge is 2.22. The van der Waals surface area contributed by atoms with Crippen molar-refractivity contribution in [2.75, 3.05) is 20.3 Å². The molecule has 2 aromatic carbocycles. The van der Waals surface area contributed by atoms with Crippen molar-refractivity contribution in [3.8, 4) is 5.69 Å². The number of carbonyl (C=O) groups is 1. The van der Waals surface area contributed by atoms with Gasteiger partial charge in [-0.3, -0.25) is 9.69 Å². The molecule has 1 fully saturated rings. The second kappa shape index (κ2) is 9.77. The molecular weight excluding hydrogens is 410 g/mol. The number of nitrogens with zero attached hydrogens (tertiary/aromatic N) is 3. The molecule has 0 amide bonds. The molecule has 31 heavy (non-hydrogen) atoms. The van der Waals surface area contributed by atoms with Crippen LogP contribution in [0.1, 0.15) is 45.5 Å². The van der Waals surface area contributed by atoms with Crippen LogP contribution < -0.4 is 0 Å². The average Bonchev–Trinajstić information content (AvgIpc) is 3.34. The number of aldehydes is 1. The first kappa shape index (κ1) is 21.8. The van der Waals surface area contributed by atoms with E-state index in [-0.39, 0.29) is 0 Å². The SMILES string of the molecule is Cc1c(Cc2ccc(-n3cccn3)cc2)cc(C=O)c(CN(C)C2CCCOC2)c1Cl. The quantitative estimate of drug-likeness (QED) is 0.496. The Morgan fingerprint density at radius 2 is 2.13 bits per heavy atom. The summed E-state index contributed by atoms with van der Waals surface area (Å²) < 4.78 is 7.45. The van der Waals surface area contributed by atoms with Gasteiger partial charge in [0.05, 0.1) is 12.3 Å². The van der Waals surface area contributed by atoms with E-state index in [2.05, 4.69) is 41.3 Å². The number of carbonyl (C=O) groups excluding carboxylic acids is 1. The molecule has 2 heterocycles. The molecule has 162 valence electrons. The Morgan fingerprint density at radius 3 is 2.77 bits per heavy atom. The Hall–Kier alpha value is -2.47. The topological polar surface area (TPSA) is 47.4 Å². The van der Waals surface area contributed by atoms with Gasteiger partial charge in [0.25, 0.3) is 0 Å². The van der Waals surface area contributed by atoms with Gasteiger partial charge in [0, 0.05) is 42.2 Å². The van der Waals surface area contributed by atoms with E-state index < -0.39 is 0 Å². The monoisotopic (exact) mass is 437 g/mol. The van der Waals surface area contributed by atoms with Gasteiger partial charge in [-0.2, -0.15) is 5.10 Å². The maximum Gasteiger partial charge on any atom is 0.150 e. The second-order valence-corrected chi connectivity index (χ2v) is 8.62. The number of aromatic nitrogens is 2. The molecule has 6 heteroatoms. The Kier molecular flexibility index (Phi) is 6.86. The number of halogens is 1. The number of likely N-dealkylation sites (N-methyl/N-ethyl adjacent to an activating group) is 1. The third-order valence-electron chi connectivity index (χ3n) is 6.15. The van der Waals surface area contributed by atoms with Crippen LogP contribution in [0.5, 0.6) is 0 Å². The van der Waals surface area contributed by atoms with Crippen molar-refractivity contribution in [2.45, 2.75) is 38.8 Å². The average molecular weight is 438 g/mol. The molecule has 1 unspecified atom stereocenters. The minimum atomic E-state index is 0.359. The number of hydrogen-bond donors (Lipinski definition) is 0. The maximum absolute atomic E-state index is 11.9. The van der Waals surface area contributed by atoms with Crippen LogP contribution >= 0.6 is 11.6 Å². The predicted octanol–water partition coefficient (Wildman–Crippen LogP) is 4.85. The van der Waals surface area contributed by atoms with Gasteiger partial charge in [-0.05, 0) is 79.8 Å². The molecule has 0 saturated carbocycles. The van der Waals surface area contributed by atoms with E-state index in [4.69, 9.17) is 16.3 Å². The van der Waals surface area contributed by atoms with Crippen molar-refractivity contribution in [1.82, 2.24) is 14.7 Å². The molecule has 1 aliphatic rings. The first-order chi connectivity index (χ1) is 15.1. The molecule has 4 rings (SSSR count). The van der Waals surface area contributed by atoms with Gasteiger partial charge in [0.2, 0.25) is 0 Å². The van der Waals surface area contributed by atoms with Crippen LogP contribution in [0.25, 0.3) is 5.69 Å². The van der Waals surface area contributed by atoms with E-state index in [0.717, 1.165) is 66.7 Å². The Labute approximate surface area is 188 Å². The molecule has 0 radical (unpaired) electrons. The highest BCUT2D eigenvalue weighted by molar-refractivity contribution is 6.32. The summed E-state index contributed by atoms with van der Waals surface area (Å²) in [5.41, 5.74) is 5.86. The number of ether oxygens (including phenoxy) is 1. The van der Waals surface area contributed by atoms with Crippen molar-refractivity contribution in [3.63, 3.8) is 0 Å². The molecule has 0 N–H and O–H groups in total. The van der Waals surface area contributed by atoms with Gasteiger partial charge in [0.15, 0.2) is 0 Å². The normalized spacial score (nSPS) is 16.6. The lowest BCUT2D eigenvalue weighted by atomic mass is 9.94. The lowest BCUT2D eigenvalue weighted by molar-refractivity contribution is 0.0249. The molecule has 0 bridgehead atoms. The smallest absolute Gasteiger partial charge is 0.150 e. The van der Waals surface area contributed by atoms with Crippen LogP contribution in [0, 0.1) is 6.92 Å². The van der Waals surface area contributed by atoms with E-state index in [9.17, 15) is 4.79 Å². The zero-order valence-corrected chi connectivity index (χ0v) is 18.8. The Bertz CT molecular complexity index is 1030. The summed E-state index contributed by atoms with van der Waals surface area (Å²) in [5.74, 6) is 0. The minimum absolute atomic E-state index is 0.359. The van der Waals surface area contributed by atoms with Crippen molar-refractivity contribution in [2.24, 2.45) is 0 Å². The zero-order valence-electron chi connectivity index (χ0n) is 18.1. The zero-order chi connectivity index (χ0) is 21.8. The molecule has 5 nitrogen and oxygen atoms in total. The maximum atomic E-state index is 11.9. The van der Waals surface area contributed by atoms with Gasteiger partial charge in [0.1, 0.15) is 6.29 Å². The molecule has 0 spiro atoms. The Balaban J connectivity index is 1.55. The highest BCUT2D eigenvalue weighted by atomic mass is 35.5. The van der Waals surface area contributed by atoms with Gasteiger partial charge in [-0.25, -0.2) is 4.68 Å². The fourth-order valence-corrected chi connectivity index (χ4v) is 4.47. The molecule has 1 aromatic heterocycles. The Morgan fingerprint density at radius 1 is 1.32 bits per heavy atom. The number of benzene rings is 2. The third-order valence-corrected chi connectivity index (χ3v) is 6.66. The minimum Gasteiger partial charge on any atom is -0.380 e. The predicted molar refractivity (Wildman–Crippen MR) is 123 cm³/mol. The molecule has 1 saturated heterocycles. The van der Waals surface area contributed by atoms with Crippen LogP contribution in [0.2, 0.25) is 5.02 Å². The van der Waals surface area contributed by atoms with E-state index in [1.165, 1.54) is 0 Å². The lowest BCUT2D eigenvalue weighted by Gasteiger charge is -2.32. The van der Waals surface area contributed by atoms with Crippen molar-refractivity contribution in [3.05, 3.63) is 81.6 Å². The van der Waals surface area contributed by atoms with Crippen molar-refractivity contribution >= 4 is 17.9 Å². The summed E-state index contributed by atoms with van der Waals surface area (Å²) in [5, 5.41) is 4.96. The summed E-state index contributed by atoms with van der Waals surface area (Å²) in [7, 11) is 2.08. The summed E-state index contributed by atoms with van der Waals surface area (Å²) >= 11 is 6.80. The van der Waals surface area contributed by atoms with Crippen LogP contribution in [-0.4, -0.2) is 47.3 Å². The van der Waals surface area contributed by atoms with Crippen LogP contribution in [-0.2, 0) is 17.7 Å². The summed E-state index contributed by atoms with van der Waals surface area (Å²) in [6.45, 7) is 4.25. The molecular formula is C25H28ClN3O2. The van der Waals surface area contributed by atoms with E-state index in [1.807, 2.05) is 29.9 Å². The lowest BCUT2D eigenvalue weighted by Crippen LogP contribution is -2.38.